The zero-order valence-electron chi connectivity index (χ0n) is 22.8. The summed E-state index contributed by atoms with van der Waals surface area (Å²) in [7, 11) is 0. The van der Waals surface area contributed by atoms with Crippen LogP contribution in [0.1, 0.15) is 38.3 Å². The van der Waals surface area contributed by atoms with Gasteiger partial charge in [0, 0.05) is 57.7 Å². The average molecular weight is 633 g/mol. The summed E-state index contributed by atoms with van der Waals surface area (Å²) in [5, 5.41) is 2.30. The number of nitrogens with zero attached hydrogens (tertiary/aromatic N) is 5. The first kappa shape index (κ1) is 27.7. The predicted molar refractivity (Wildman–Crippen MR) is 163 cm³/mol. The Hall–Kier alpha value is -3.10. The molecule has 5 heterocycles. The molecule has 1 unspecified atom stereocenters. The molecule has 3 atom stereocenters. The molecule has 0 radical (unpaired) electrons. The first-order chi connectivity index (χ1) is 20.0. The van der Waals surface area contributed by atoms with E-state index in [1.54, 1.807) is 14.8 Å². The molecule has 0 bridgehead atoms. The Labute approximate surface area is 251 Å². The van der Waals surface area contributed by atoms with Crippen molar-refractivity contribution >= 4 is 71.7 Å². The molecule has 4 aromatic rings. The van der Waals surface area contributed by atoms with Gasteiger partial charge in [0.1, 0.15) is 15.3 Å². The molecule has 8 nitrogen and oxygen atoms in total. The molecule has 42 heavy (non-hydrogen) atoms. The lowest BCUT2D eigenvalue weighted by Crippen LogP contribution is -2.58. The summed E-state index contributed by atoms with van der Waals surface area (Å²) in [6.07, 6.45) is -1.48. The second-order valence-electron chi connectivity index (χ2n) is 11.2. The largest absolute Gasteiger partial charge is 0.417 e. The van der Waals surface area contributed by atoms with E-state index in [-0.39, 0.29) is 35.4 Å². The van der Waals surface area contributed by atoms with Crippen molar-refractivity contribution in [2.75, 3.05) is 29.5 Å². The van der Waals surface area contributed by atoms with Crippen LogP contribution in [0.15, 0.2) is 33.8 Å². The number of fused-ring (bicyclic) bond motifs is 1. The highest BCUT2D eigenvalue weighted by Crippen LogP contribution is 2.54. The number of nitrogen functional groups attached to an aromatic ring is 1. The number of carbonyl (C=O) groups is 1. The molecule has 7 rings (SSSR count). The van der Waals surface area contributed by atoms with E-state index in [4.69, 9.17) is 5.73 Å². The first-order valence-corrected chi connectivity index (χ1v) is 16.3. The van der Waals surface area contributed by atoms with Crippen molar-refractivity contribution in [2.45, 2.75) is 55.9 Å². The Kier molecular flexibility index (Phi) is 6.41. The lowest BCUT2D eigenvalue weighted by atomic mass is 9.96. The minimum absolute atomic E-state index is 0.0407. The number of thiophene rings is 1. The van der Waals surface area contributed by atoms with E-state index in [1.165, 1.54) is 46.6 Å². The Morgan fingerprint density at radius 2 is 1.95 bits per heavy atom. The van der Waals surface area contributed by atoms with Crippen LogP contribution >= 0.6 is 34.4 Å². The van der Waals surface area contributed by atoms with Crippen molar-refractivity contribution in [2.24, 2.45) is 5.92 Å². The lowest BCUT2D eigenvalue weighted by Gasteiger charge is -2.45. The maximum absolute atomic E-state index is 15.0. The Morgan fingerprint density at radius 1 is 1.19 bits per heavy atom. The van der Waals surface area contributed by atoms with Crippen molar-refractivity contribution in [3.05, 3.63) is 40.1 Å². The zero-order valence-corrected chi connectivity index (χ0v) is 25.2. The highest BCUT2D eigenvalue weighted by Gasteiger charge is 2.43. The second-order valence-corrected chi connectivity index (χ2v) is 14.4. The van der Waals surface area contributed by atoms with E-state index < -0.39 is 17.4 Å². The fourth-order valence-electron chi connectivity index (χ4n) is 6.35. The quantitative estimate of drug-likeness (QED) is 0.276. The zero-order chi connectivity index (χ0) is 29.7. The second kappa shape index (κ2) is 9.71. The van der Waals surface area contributed by atoms with Crippen LogP contribution in [0.3, 0.4) is 0 Å². The van der Waals surface area contributed by atoms with Crippen LogP contribution in [-0.2, 0) is 11.0 Å². The Bertz CT molecular complexity index is 1840. The van der Waals surface area contributed by atoms with Gasteiger partial charge in [-0.3, -0.25) is 9.36 Å². The highest BCUT2D eigenvalue weighted by atomic mass is 32.2. The molecule has 2 N–H and O–H groups in total. The van der Waals surface area contributed by atoms with Crippen molar-refractivity contribution < 1.29 is 18.0 Å². The Balaban J connectivity index is 1.53. The number of anilines is 2. The normalized spacial score (nSPS) is 22.7. The van der Waals surface area contributed by atoms with Crippen molar-refractivity contribution in [3.63, 3.8) is 0 Å². The van der Waals surface area contributed by atoms with Gasteiger partial charge < -0.3 is 15.5 Å². The predicted octanol–water partition coefficient (Wildman–Crippen LogP) is 6.00. The van der Waals surface area contributed by atoms with Crippen LogP contribution in [0, 0.1) is 5.92 Å². The lowest BCUT2D eigenvalue weighted by molar-refractivity contribution is -0.137. The number of halogens is 3. The molecule has 1 saturated carbocycles. The van der Waals surface area contributed by atoms with Gasteiger partial charge in [0.2, 0.25) is 5.91 Å². The molecule has 2 fully saturated rings. The monoisotopic (exact) mass is 632 g/mol. The van der Waals surface area contributed by atoms with Crippen LogP contribution in [0.2, 0.25) is 0 Å². The first-order valence-electron chi connectivity index (χ1n) is 13.6. The summed E-state index contributed by atoms with van der Waals surface area (Å²) in [4.78, 5) is 39.1. The fourth-order valence-corrected chi connectivity index (χ4v) is 9.71. The third-order valence-corrected chi connectivity index (χ3v) is 11.7. The molecule has 220 valence electrons. The van der Waals surface area contributed by atoms with Gasteiger partial charge in [0.15, 0.2) is 5.13 Å². The van der Waals surface area contributed by atoms with E-state index in [9.17, 15) is 22.8 Å². The van der Waals surface area contributed by atoms with Gasteiger partial charge in [0.25, 0.3) is 0 Å². The van der Waals surface area contributed by atoms with Crippen molar-refractivity contribution in [3.8, 4) is 11.1 Å². The maximum Gasteiger partial charge on any atom is 0.417 e. The number of alkyl halides is 3. The standard InChI is InChI=1S/C28H27F3N6O2S3/c1-4-19(38)35-8-13(3)36(9-12(35)2)24-15-7-17(28(29,30)31)20(16-10-41-25-21(16)33-26(32)42-25)23-22(15)37(27(39)34-24)18(11-40-23)14-5-6-14/h4,7,10,12-14,18H,1,5-6,8-9,11H2,2-3H3,(H2,32,33)/t12-,13+,18?/m1/s1. The minimum Gasteiger partial charge on any atom is -0.375 e. The molecule has 1 saturated heterocycles. The van der Waals surface area contributed by atoms with Gasteiger partial charge in [-0.25, -0.2) is 9.78 Å². The number of hydrogen-bond acceptors (Lipinski definition) is 9. The third kappa shape index (κ3) is 4.24. The summed E-state index contributed by atoms with van der Waals surface area (Å²) in [5.74, 6) is 0.796. The summed E-state index contributed by atoms with van der Waals surface area (Å²) >= 11 is 3.94. The molecule has 1 amide bonds. The van der Waals surface area contributed by atoms with Gasteiger partial charge in [0.05, 0.1) is 17.1 Å². The number of thiazole rings is 1. The minimum atomic E-state index is -4.68. The number of carbonyl (C=O) groups excluding carboxylic acids is 1. The van der Waals surface area contributed by atoms with Gasteiger partial charge in [-0.05, 0) is 44.7 Å². The summed E-state index contributed by atoms with van der Waals surface area (Å²) in [5.41, 5.74) is 6.05. The topological polar surface area (TPSA) is 97.4 Å². The van der Waals surface area contributed by atoms with Crippen molar-refractivity contribution in [1.29, 1.82) is 0 Å². The Morgan fingerprint density at radius 3 is 2.64 bits per heavy atom. The molecule has 1 aromatic carbocycles. The van der Waals surface area contributed by atoms with E-state index in [0.717, 1.165) is 16.9 Å². The number of piperazine rings is 1. The molecule has 2 aliphatic heterocycles. The van der Waals surface area contributed by atoms with Crippen LogP contribution < -0.4 is 16.3 Å². The number of thioether (sulfide) groups is 1. The SMILES string of the molecule is C=CC(=O)N1C[C@H](C)N(c2nc(=O)n3c4c(c(-c5csc6sc(N)nc56)c(C(F)(F)F)cc24)SCC3C2CC2)C[C@H]1C. The molecule has 3 aliphatic rings. The van der Waals surface area contributed by atoms with Crippen LogP contribution in [0.5, 0.6) is 0 Å². The van der Waals surface area contributed by atoms with E-state index in [2.05, 4.69) is 16.5 Å². The molecular formula is C28H27F3N6O2S3. The molecule has 1 aliphatic carbocycles. The highest BCUT2D eigenvalue weighted by molar-refractivity contribution is 7.99. The van der Waals surface area contributed by atoms with Gasteiger partial charge in [-0.2, -0.15) is 18.2 Å². The molecule has 3 aromatic heterocycles. The number of hydrogen-bond donors (Lipinski definition) is 1. The maximum atomic E-state index is 15.0. The smallest absolute Gasteiger partial charge is 0.375 e. The van der Waals surface area contributed by atoms with Crippen LogP contribution in [-0.4, -0.2) is 56.3 Å². The summed E-state index contributed by atoms with van der Waals surface area (Å²) < 4.78 is 47.4. The average Bonchev–Trinajstić information content (AvgIpc) is 3.62. The van der Waals surface area contributed by atoms with E-state index >= 15 is 0 Å². The molecule has 14 heteroatoms. The van der Waals surface area contributed by atoms with Gasteiger partial charge in [-0.1, -0.05) is 17.9 Å². The molecular weight excluding hydrogens is 606 g/mol. The van der Waals surface area contributed by atoms with E-state index in [0.29, 0.717) is 56.8 Å². The van der Waals surface area contributed by atoms with Gasteiger partial charge in [-0.15, -0.1) is 23.1 Å². The number of benzene rings is 1. The number of amides is 1. The number of rotatable bonds is 4. The fraction of sp³-hybridized carbons (Fsp3) is 0.429. The number of nitrogens with two attached hydrogens (primary N) is 1. The number of aromatic nitrogens is 3. The van der Waals surface area contributed by atoms with Crippen LogP contribution in [0.25, 0.3) is 31.6 Å². The van der Waals surface area contributed by atoms with Gasteiger partial charge >= 0.3 is 11.9 Å². The summed E-state index contributed by atoms with van der Waals surface area (Å²) in [6, 6.07) is 0.472. The van der Waals surface area contributed by atoms with Crippen molar-refractivity contribution in [1.82, 2.24) is 19.4 Å². The third-order valence-electron chi connectivity index (χ3n) is 8.48. The van der Waals surface area contributed by atoms with E-state index in [1.807, 2.05) is 18.7 Å². The molecule has 0 spiro atoms. The summed E-state index contributed by atoms with van der Waals surface area (Å²) in [6.45, 7) is 7.99. The van der Waals surface area contributed by atoms with Crippen LogP contribution in [0.4, 0.5) is 24.1 Å².